The van der Waals surface area contributed by atoms with E-state index < -0.39 is 0 Å². The van der Waals surface area contributed by atoms with Gasteiger partial charge in [0.15, 0.2) is 0 Å². The van der Waals surface area contributed by atoms with Crippen molar-refractivity contribution in [1.82, 2.24) is 0 Å². The summed E-state index contributed by atoms with van der Waals surface area (Å²) in [6.45, 7) is 0.328. The molecule has 1 N–H and O–H groups in total. The Bertz CT molecular complexity index is 362. The number of esters is 1. The number of epoxide rings is 1. The number of aliphatic hydroxyl groups is 1. The number of hydrogen-bond donors (Lipinski definition) is 1. The van der Waals surface area contributed by atoms with Gasteiger partial charge in [-0.3, -0.25) is 0 Å². The van der Waals surface area contributed by atoms with E-state index >= 15 is 0 Å². The molecule has 2 atom stereocenters. The topological polar surface area (TPSA) is 59.1 Å². The lowest BCUT2D eigenvalue weighted by Gasteiger charge is -1.99. The van der Waals surface area contributed by atoms with Gasteiger partial charge in [-0.2, -0.15) is 0 Å². The van der Waals surface area contributed by atoms with Crippen molar-refractivity contribution >= 4 is 5.97 Å². The fourth-order valence-corrected chi connectivity index (χ4v) is 2.67. The van der Waals surface area contributed by atoms with Gasteiger partial charge in [-0.1, -0.05) is 50.3 Å². The van der Waals surface area contributed by atoms with E-state index in [0.717, 1.165) is 32.1 Å². The number of rotatable bonds is 14. The Morgan fingerprint density at radius 3 is 2.35 bits per heavy atom. The maximum Gasteiger partial charge on any atom is 0.330 e. The number of allylic oxidation sites excluding steroid dienone is 3. The largest absolute Gasteiger partial charge is 0.466 e. The standard InChI is InChI=1S/C19H32O4/c1-22-19(21)15-11-7-4-6-10-14-18-17(23-18)13-9-5-2-3-8-12-16-20/h4,7,11,15,17-18,20H,2-3,5-6,8-10,12-14,16H2,1H3. The molecular weight excluding hydrogens is 292 g/mol. The molecule has 0 aromatic carbocycles. The summed E-state index contributed by atoms with van der Waals surface area (Å²) in [5.41, 5.74) is 0. The zero-order valence-electron chi connectivity index (χ0n) is 14.4. The lowest BCUT2D eigenvalue weighted by atomic mass is 10.1. The molecule has 1 aliphatic heterocycles. The molecule has 132 valence electrons. The number of carbonyl (C=O) groups excluding carboxylic acids is 1. The van der Waals surface area contributed by atoms with E-state index in [4.69, 9.17) is 9.84 Å². The molecular formula is C19H32O4. The molecule has 2 unspecified atom stereocenters. The van der Waals surface area contributed by atoms with Crippen molar-refractivity contribution in [2.75, 3.05) is 13.7 Å². The van der Waals surface area contributed by atoms with Crippen LogP contribution in [0.15, 0.2) is 24.3 Å². The molecule has 0 aliphatic carbocycles. The average molecular weight is 324 g/mol. The summed E-state index contributed by atoms with van der Waals surface area (Å²) in [4.78, 5) is 10.8. The number of aliphatic hydroxyl groups excluding tert-OH is 1. The first-order chi connectivity index (χ1) is 11.3. The number of ether oxygens (including phenoxy) is 2. The molecule has 0 aromatic rings. The summed E-state index contributed by atoms with van der Waals surface area (Å²) >= 11 is 0. The van der Waals surface area contributed by atoms with Crippen LogP contribution in [0.25, 0.3) is 0 Å². The van der Waals surface area contributed by atoms with E-state index in [-0.39, 0.29) is 5.97 Å². The van der Waals surface area contributed by atoms with Gasteiger partial charge in [0, 0.05) is 12.7 Å². The molecule has 23 heavy (non-hydrogen) atoms. The lowest BCUT2D eigenvalue weighted by Crippen LogP contribution is -1.94. The maximum absolute atomic E-state index is 10.8. The second-order valence-electron chi connectivity index (χ2n) is 6.09. The monoisotopic (exact) mass is 324 g/mol. The maximum atomic E-state index is 10.8. The third-order valence-corrected chi connectivity index (χ3v) is 4.12. The Morgan fingerprint density at radius 1 is 1.00 bits per heavy atom. The van der Waals surface area contributed by atoms with Crippen LogP contribution in [0.5, 0.6) is 0 Å². The van der Waals surface area contributed by atoms with Gasteiger partial charge >= 0.3 is 5.97 Å². The average Bonchev–Trinajstić information content (AvgIpc) is 3.31. The van der Waals surface area contributed by atoms with E-state index in [2.05, 4.69) is 10.8 Å². The number of hydrogen-bond acceptors (Lipinski definition) is 4. The van der Waals surface area contributed by atoms with Gasteiger partial charge in [0.25, 0.3) is 0 Å². The molecule has 0 amide bonds. The van der Waals surface area contributed by atoms with Gasteiger partial charge in [0.1, 0.15) is 0 Å². The van der Waals surface area contributed by atoms with Crippen LogP contribution in [0.3, 0.4) is 0 Å². The Morgan fingerprint density at radius 2 is 1.65 bits per heavy atom. The van der Waals surface area contributed by atoms with Crippen molar-refractivity contribution in [3.63, 3.8) is 0 Å². The molecule has 1 fully saturated rings. The first-order valence-corrected chi connectivity index (χ1v) is 8.95. The molecule has 0 bridgehead atoms. The normalized spacial score (nSPS) is 20.4. The second kappa shape index (κ2) is 13.3. The van der Waals surface area contributed by atoms with Crippen LogP contribution in [-0.4, -0.2) is 37.0 Å². The minimum Gasteiger partial charge on any atom is -0.466 e. The summed E-state index contributed by atoms with van der Waals surface area (Å²) in [7, 11) is 1.37. The van der Waals surface area contributed by atoms with E-state index in [9.17, 15) is 4.79 Å². The first kappa shape index (κ1) is 19.9. The Labute approximate surface area is 140 Å². The van der Waals surface area contributed by atoms with Crippen LogP contribution in [0.2, 0.25) is 0 Å². The molecule has 0 saturated carbocycles. The predicted molar refractivity (Wildman–Crippen MR) is 92.2 cm³/mol. The van der Waals surface area contributed by atoms with Gasteiger partial charge in [-0.25, -0.2) is 4.79 Å². The predicted octanol–water partition coefficient (Wildman–Crippen LogP) is 3.93. The molecule has 0 aromatic heterocycles. The molecule has 1 heterocycles. The summed E-state index contributed by atoms with van der Waals surface area (Å²) < 4.78 is 10.2. The minimum atomic E-state index is -0.322. The Balaban J connectivity index is 1.86. The highest BCUT2D eigenvalue weighted by Crippen LogP contribution is 2.31. The van der Waals surface area contributed by atoms with Crippen LogP contribution in [0.4, 0.5) is 0 Å². The van der Waals surface area contributed by atoms with Crippen LogP contribution >= 0.6 is 0 Å². The molecule has 1 aliphatic rings. The van der Waals surface area contributed by atoms with Crippen LogP contribution in [0.1, 0.15) is 64.2 Å². The van der Waals surface area contributed by atoms with Crippen molar-refractivity contribution in [3.8, 4) is 0 Å². The number of carbonyl (C=O) groups is 1. The van der Waals surface area contributed by atoms with Crippen molar-refractivity contribution in [2.24, 2.45) is 0 Å². The van der Waals surface area contributed by atoms with Crippen molar-refractivity contribution < 1.29 is 19.4 Å². The van der Waals surface area contributed by atoms with Crippen molar-refractivity contribution in [1.29, 1.82) is 0 Å². The van der Waals surface area contributed by atoms with E-state index in [1.54, 1.807) is 6.08 Å². The van der Waals surface area contributed by atoms with Crippen molar-refractivity contribution in [3.05, 3.63) is 24.3 Å². The fourth-order valence-electron chi connectivity index (χ4n) is 2.67. The summed E-state index contributed by atoms with van der Waals surface area (Å²) in [6, 6.07) is 0. The highest BCUT2D eigenvalue weighted by atomic mass is 16.6. The zero-order valence-corrected chi connectivity index (χ0v) is 14.4. The SMILES string of the molecule is COC(=O)C=CC=CCCCC1OC1CCCCCCCCO. The third kappa shape index (κ3) is 11.1. The zero-order chi connectivity index (χ0) is 16.8. The molecule has 4 nitrogen and oxygen atoms in total. The first-order valence-electron chi connectivity index (χ1n) is 8.95. The second-order valence-corrected chi connectivity index (χ2v) is 6.09. The van der Waals surface area contributed by atoms with E-state index in [1.165, 1.54) is 45.3 Å². The fraction of sp³-hybridized carbons (Fsp3) is 0.737. The van der Waals surface area contributed by atoms with Gasteiger partial charge in [-0.15, -0.1) is 0 Å². The van der Waals surface area contributed by atoms with E-state index in [0.29, 0.717) is 18.8 Å². The Hall–Kier alpha value is -1.13. The van der Waals surface area contributed by atoms with Gasteiger partial charge in [-0.05, 0) is 32.1 Å². The van der Waals surface area contributed by atoms with Crippen LogP contribution in [-0.2, 0) is 14.3 Å². The van der Waals surface area contributed by atoms with Gasteiger partial charge < -0.3 is 14.6 Å². The highest BCUT2D eigenvalue weighted by Gasteiger charge is 2.36. The lowest BCUT2D eigenvalue weighted by molar-refractivity contribution is -0.134. The highest BCUT2D eigenvalue weighted by molar-refractivity contribution is 5.82. The summed E-state index contributed by atoms with van der Waals surface area (Å²) in [5.74, 6) is -0.322. The van der Waals surface area contributed by atoms with Crippen LogP contribution < -0.4 is 0 Å². The quantitative estimate of drug-likeness (QED) is 0.173. The minimum absolute atomic E-state index is 0.322. The summed E-state index contributed by atoms with van der Waals surface area (Å²) in [5, 5.41) is 8.70. The summed E-state index contributed by atoms with van der Waals surface area (Å²) in [6.07, 6.45) is 19.7. The molecule has 1 saturated heterocycles. The van der Waals surface area contributed by atoms with Crippen LogP contribution in [0, 0.1) is 0 Å². The Kier molecular flexibility index (Phi) is 11.5. The van der Waals surface area contributed by atoms with Gasteiger partial charge in [0.2, 0.25) is 0 Å². The third-order valence-electron chi connectivity index (χ3n) is 4.12. The van der Waals surface area contributed by atoms with Gasteiger partial charge in [0.05, 0.1) is 19.3 Å². The molecule has 0 radical (unpaired) electrons. The van der Waals surface area contributed by atoms with E-state index in [1.807, 2.05) is 6.08 Å². The molecule has 1 rings (SSSR count). The smallest absolute Gasteiger partial charge is 0.330 e. The van der Waals surface area contributed by atoms with Crippen molar-refractivity contribution in [2.45, 2.75) is 76.4 Å². The molecule has 0 spiro atoms. The number of unbranched alkanes of at least 4 members (excludes halogenated alkanes) is 6. The number of methoxy groups -OCH3 is 1. The molecule has 4 heteroatoms.